The highest BCUT2D eigenvalue weighted by Gasteiger charge is 1.78. The van der Waals surface area contributed by atoms with E-state index in [0.717, 1.165) is 6.42 Å². The molecule has 0 fully saturated rings. The van der Waals surface area contributed by atoms with Crippen molar-refractivity contribution in [1.29, 1.82) is 0 Å². The summed E-state index contributed by atoms with van der Waals surface area (Å²) in [6.45, 7) is 8.47. The second-order valence-corrected chi connectivity index (χ2v) is 2.76. The van der Waals surface area contributed by atoms with Crippen LogP contribution in [-0.2, 0) is 0 Å². The molecule has 0 atom stereocenters. The summed E-state index contributed by atoms with van der Waals surface area (Å²) in [6.07, 6.45) is 9.63. The SMILES string of the molecule is CC=C(C)C=CC=C(C)CC. The van der Waals surface area contributed by atoms with Gasteiger partial charge in [-0.2, -0.15) is 0 Å². The quantitative estimate of drug-likeness (QED) is 0.536. The van der Waals surface area contributed by atoms with Gasteiger partial charge in [-0.1, -0.05) is 42.4 Å². The Bertz CT molecular complexity index is 180. The number of hydrogen-bond acceptors (Lipinski definition) is 0. The molecule has 0 aliphatic heterocycles. The van der Waals surface area contributed by atoms with E-state index in [1.54, 1.807) is 0 Å². The third kappa shape index (κ3) is 5.65. The van der Waals surface area contributed by atoms with Crippen molar-refractivity contribution in [3.05, 3.63) is 35.5 Å². The number of rotatable bonds is 3. The minimum absolute atomic E-state index is 1.14. The van der Waals surface area contributed by atoms with E-state index in [2.05, 4.69) is 52.0 Å². The van der Waals surface area contributed by atoms with Gasteiger partial charge in [-0.25, -0.2) is 0 Å². The van der Waals surface area contributed by atoms with Crippen LogP contribution in [0.2, 0.25) is 0 Å². The molecule has 0 saturated carbocycles. The Morgan fingerprint density at radius 1 is 1.27 bits per heavy atom. The summed E-state index contributed by atoms with van der Waals surface area (Å²) in [5.41, 5.74) is 2.73. The Labute approximate surface area is 70.3 Å². The largest absolute Gasteiger partial charge is 0.0847 e. The lowest BCUT2D eigenvalue weighted by Crippen LogP contribution is -1.68. The smallest absolute Gasteiger partial charge is 0.0349 e. The second kappa shape index (κ2) is 5.96. The van der Waals surface area contributed by atoms with Crippen molar-refractivity contribution in [2.24, 2.45) is 0 Å². The molecule has 0 amide bonds. The van der Waals surface area contributed by atoms with Gasteiger partial charge in [-0.05, 0) is 27.2 Å². The van der Waals surface area contributed by atoms with Gasteiger partial charge in [0.15, 0.2) is 0 Å². The van der Waals surface area contributed by atoms with Crippen LogP contribution in [0.15, 0.2) is 35.5 Å². The molecule has 0 unspecified atom stereocenters. The van der Waals surface area contributed by atoms with Crippen LogP contribution in [0, 0.1) is 0 Å². The van der Waals surface area contributed by atoms with E-state index in [9.17, 15) is 0 Å². The van der Waals surface area contributed by atoms with Gasteiger partial charge in [0.2, 0.25) is 0 Å². The summed E-state index contributed by atoms with van der Waals surface area (Å²) in [5, 5.41) is 0. The molecule has 0 aromatic rings. The molecule has 0 nitrogen and oxygen atoms in total. The van der Waals surface area contributed by atoms with E-state index in [-0.39, 0.29) is 0 Å². The highest BCUT2D eigenvalue weighted by Crippen LogP contribution is 1.99. The summed E-state index contributed by atoms with van der Waals surface area (Å²) in [4.78, 5) is 0. The lowest BCUT2D eigenvalue weighted by molar-refractivity contribution is 1.10. The zero-order chi connectivity index (χ0) is 8.69. The normalized spacial score (nSPS) is 14.5. The Morgan fingerprint density at radius 3 is 2.36 bits per heavy atom. The molecule has 0 bridgehead atoms. The first-order valence-electron chi connectivity index (χ1n) is 4.17. The van der Waals surface area contributed by atoms with E-state index >= 15 is 0 Å². The van der Waals surface area contributed by atoms with Crippen LogP contribution >= 0.6 is 0 Å². The van der Waals surface area contributed by atoms with E-state index in [4.69, 9.17) is 0 Å². The fourth-order valence-electron chi connectivity index (χ4n) is 0.578. The van der Waals surface area contributed by atoms with Crippen LogP contribution in [-0.4, -0.2) is 0 Å². The van der Waals surface area contributed by atoms with Gasteiger partial charge >= 0.3 is 0 Å². The van der Waals surface area contributed by atoms with Crippen molar-refractivity contribution >= 4 is 0 Å². The van der Waals surface area contributed by atoms with Gasteiger partial charge in [-0.15, -0.1) is 0 Å². The maximum Gasteiger partial charge on any atom is -0.0349 e. The molecule has 62 valence electrons. The van der Waals surface area contributed by atoms with Gasteiger partial charge < -0.3 is 0 Å². The lowest BCUT2D eigenvalue weighted by Gasteiger charge is -1.89. The average Bonchev–Trinajstić information content (AvgIpc) is 2.04. The Balaban J connectivity index is 3.96. The van der Waals surface area contributed by atoms with E-state index < -0.39 is 0 Å². The van der Waals surface area contributed by atoms with Crippen LogP contribution in [0.5, 0.6) is 0 Å². The predicted molar refractivity (Wildman–Crippen MR) is 52.6 cm³/mol. The molecule has 0 N–H and O–H groups in total. The molecule has 0 saturated heterocycles. The molecule has 0 aromatic carbocycles. The molecule has 0 spiro atoms. The molecule has 0 heteroatoms. The molecule has 0 aliphatic carbocycles. The molecule has 0 rings (SSSR count). The third-order valence-electron chi connectivity index (χ3n) is 1.75. The minimum Gasteiger partial charge on any atom is -0.0847 e. The summed E-state index contributed by atoms with van der Waals surface area (Å²) >= 11 is 0. The second-order valence-electron chi connectivity index (χ2n) is 2.76. The van der Waals surface area contributed by atoms with Gasteiger partial charge in [-0.3, -0.25) is 0 Å². The zero-order valence-electron chi connectivity index (χ0n) is 8.02. The van der Waals surface area contributed by atoms with Gasteiger partial charge in [0.25, 0.3) is 0 Å². The molecular weight excluding hydrogens is 132 g/mol. The highest BCUT2D eigenvalue weighted by molar-refractivity contribution is 5.21. The fraction of sp³-hybridized carbons (Fsp3) is 0.455. The standard InChI is InChI=1S/C11H18/c1-5-10(3)8-7-9-11(4)6-2/h5,7-9H,6H2,1-4H3. The van der Waals surface area contributed by atoms with Crippen molar-refractivity contribution in [2.45, 2.75) is 34.1 Å². The Morgan fingerprint density at radius 2 is 1.91 bits per heavy atom. The first kappa shape index (κ1) is 10.2. The average molecular weight is 150 g/mol. The first-order chi connectivity index (χ1) is 5.20. The van der Waals surface area contributed by atoms with Crippen molar-refractivity contribution in [2.75, 3.05) is 0 Å². The van der Waals surface area contributed by atoms with Crippen LogP contribution in [0.4, 0.5) is 0 Å². The summed E-state index contributed by atoms with van der Waals surface area (Å²) in [6, 6.07) is 0. The minimum atomic E-state index is 1.14. The number of allylic oxidation sites excluding steroid dienone is 6. The maximum atomic E-state index is 2.17. The molecule has 0 aliphatic rings. The van der Waals surface area contributed by atoms with Crippen LogP contribution in [0.1, 0.15) is 34.1 Å². The van der Waals surface area contributed by atoms with Crippen molar-refractivity contribution in [1.82, 2.24) is 0 Å². The zero-order valence-corrected chi connectivity index (χ0v) is 8.02. The lowest BCUT2D eigenvalue weighted by atomic mass is 10.2. The van der Waals surface area contributed by atoms with Crippen molar-refractivity contribution < 1.29 is 0 Å². The first-order valence-corrected chi connectivity index (χ1v) is 4.17. The van der Waals surface area contributed by atoms with Gasteiger partial charge in [0, 0.05) is 0 Å². The molecule has 0 heterocycles. The van der Waals surface area contributed by atoms with Crippen LogP contribution in [0.25, 0.3) is 0 Å². The maximum absolute atomic E-state index is 2.17. The van der Waals surface area contributed by atoms with Crippen LogP contribution < -0.4 is 0 Å². The Hall–Kier alpha value is -0.780. The van der Waals surface area contributed by atoms with E-state index in [1.807, 2.05) is 0 Å². The van der Waals surface area contributed by atoms with E-state index in [1.165, 1.54) is 11.1 Å². The fourth-order valence-corrected chi connectivity index (χ4v) is 0.578. The molecular formula is C11H18. The monoisotopic (exact) mass is 150 g/mol. The van der Waals surface area contributed by atoms with Crippen LogP contribution in [0.3, 0.4) is 0 Å². The molecule has 0 aromatic heterocycles. The third-order valence-corrected chi connectivity index (χ3v) is 1.75. The summed E-state index contributed by atoms with van der Waals surface area (Å²) in [5.74, 6) is 0. The topological polar surface area (TPSA) is 0 Å². The van der Waals surface area contributed by atoms with Crippen molar-refractivity contribution in [3.8, 4) is 0 Å². The molecule has 0 radical (unpaired) electrons. The van der Waals surface area contributed by atoms with Crippen molar-refractivity contribution in [3.63, 3.8) is 0 Å². The number of hydrogen-bond donors (Lipinski definition) is 0. The van der Waals surface area contributed by atoms with Gasteiger partial charge in [0.1, 0.15) is 0 Å². The Kier molecular flexibility index (Phi) is 5.54. The predicted octanol–water partition coefficient (Wildman–Crippen LogP) is 3.87. The summed E-state index contributed by atoms with van der Waals surface area (Å²) in [7, 11) is 0. The van der Waals surface area contributed by atoms with Gasteiger partial charge in [0.05, 0.1) is 0 Å². The molecule has 11 heavy (non-hydrogen) atoms. The van der Waals surface area contributed by atoms with E-state index in [0.29, 0.717) is 0 Å². The highest BCUT2D eigenvalue weighted by atomic mass is 13.9. The summed E-state index contributed by atoms with van der Waals surface area (Å²) < 4.78 is 0.